The van der Waals surface area contributed by atoms with Gasteiger partial charge in [0.2, 0.25) is 0 Å². The maximum absolute atomic E-state index is 13.1. The van der Waals surface area contributed by atoms with Gasteiger partial charge in [0.1, 0.15) is 11.7 Å². The molecule has 0 bridgehead atoms. The molecule has 2 nitrogen and oxygen atoms in total. The van der Waals surface area contributed by atoms with Crippen molar-refractivity contribution in [1.82, 2.24) is 0 Å². The van der Waals surface area contributed by atoms with Crippen molar-refractivity contribution >= 4 is 23.1 Å². The van der Waals surface area contributed by atoms with E-state index < -0.39 is 0 Å². The fourth-order valence-electron chi connectivity index (χ4n) is 1.08. The Labute approximate surface area is 87.6 Å². The van der Waals surface area contributed by atoms with Crippen molar-refractivity contribution in [2.24, 2.45) is 10.7 Å². The standard InChI is InChI=1S/C10H12ClFN2/c1-6-7(2)9(4-3-8(6)12)14-10(13)5-11/h3-4H,5H2,1-2H3,(H2,13,14). The Bertz CT molecular complexity index is 375. The van der Waals surface area contributed by atoms with Crippen LogP contribution < -0.4 is 5.73 Å². The number of alkyl halides is 1. The number of aliphatic imine (C=N–C) groups is 1. The maximum atomic E-state index is 13.1. The summed E-state index contributed by atoms with van der Waals surface area (Å²) in [6.07, 6.45) is 0. The lowest BCUT2D eigenvalue weighted by atomic mass is 10.1. The topological polar surface area (TPSA) is 38.4 Å². The Morgan fingerprint density at radius 3 is 2.64 bits per heavy atom. The van der Waals surface area contributed by atoms with Gasteiger partial charge >= 0.3 is 0 Å². The van der Waals surface area contributed by atoms with E-state index in [1.807, 2.05) is 0 Å². The smallest absolute Gasteiger partial charge is 0.126 e. The molecule has 1 aromatic carbocycles. The van der Waals surface area contributed by atoms with Crippen LogP contribution in [0, 0.1) is 19.7 Å². The summed E-state index contributed by atoms with van der Waals surface area (Å²) in [5.41, 5.74) is 7.54. The van der Waals surface area contributed by atoms with Crippen molar-refractivity contribution in [1.29, 1.82) is 0 Å². The summed E-state index contributed by atoms with van der Waals surface area (Å²) in [7, 11) is 0. The third kappa shape index (κ3) is 2.23. The Morgan fingerprint density at radius 1 is 1.43 bits per heavy atom. The molecule has 2 N–H and O–H groups in total. The second-order valence-corrected chi connectivity index (χ2v) is 3.32. The molecule has 0 unspecified atom stereocenters. The number of nitrogens with two attached hydrogens (primary N) is 1. The minimum absolute atomic E-state index is 0.176. The Kier molecular flexibility index (Phi) is 3.47. The summed E-state index contributed by atoms with van der Waals surface area (Å²) >= 11 is 5.50. The third-order valence-electron chi connectivity index (χ3n) is 2.09. The molecule has 0 aliphatic carbocycles. The molecule has 0 saturated carbocycles. The normalized spacial score (nSPS) is 11.9. The van der Waals surface area contributed by atoms with Crippen molar-refractivity contribution in [2.75, 3.05) is 5.88 Å². The van der Waals surface area contributed by atoms with Gasteiger partial charge in [-0.15, -0.1) is 11.6 Å². The molecule has 0 aromatic heterocycles. The highest BCUT2D eigenvalue weighted by Gasteiger charge is 2.05. The quantitative estimate of drug-likeness (QED) is 0.459. The summed E-state index contributed by atoms with van der Waals surface area (Å²) in [6.45, 7) is 3.51. The van der Waals surface area contributed by atoms with Crippen LogP contribution in [0.4, 0.5) is 10.1 Å². The van der Waals surface area contributed by atoms with Crippen LogP contribution >= 0.6 is 11.6 Å². The van der Waals surface area contributed by atoms with Crippen LogP contribution in [0.2, 0.25) is 0 Å². The molecule has 0 amide bonds. The van der Waals surface area contributed by atoms with E-state index in [-0.39, 0.29) is 11.7 Å². The molecule has 0 aliphatic heterocycles. The lowest BCUT2D eigenvalue weighted by Crippen LogP contribution is -2.12. The van der Waals surface area contributed by atoms with Crippen molar-refractivity contribution in [3.05, 3.63) is 29.1 Å². The van der Waals surface area contributed by atoms with Gasteiger partial charge in [0.05, 0.1) is 11.6 Å². The molecular weight excluding hydrogens is 203 g/mol. The summed E-state index contributed by atoms with van der Waals surface area (Å²) in [5, 5.41) is 0. The predicted molar refractivity (Wildman–Crippen MR) is 57.9 cm³/mol. The van der Waals surface area contributed by atoms with Crippen LogP contribution in [0.1, 0.15) is 11.1 Å². The second kappa shape index (κ2) is 4.42. The number of benzene rings is 1. The van der Waals surface area contributed by atoms with Gasteiger partial charge in [-0.1, -0.05) is 0 Å². The largest absolute Gasteiger partial charge is 0.386 e. The van der Waals surface area contributed by atoms with E-state index in [4.69, 9.17) is 17.3 Å². The average molecular weight is 215 g/mol. The van der Waals surface area contributed by atoms with Crippen molar-refractivity contribution in [3.8, 4) is 0 Å². The van der Waals surface area contributed by atoms with E-state index in [9.17, 15) is 4.39 Å². The summed E-state index contributed by atoms with van der Waals surface area (Å²) < 4.78 is 13.1. The van der Waals surface area contributed by atoms with Crippen molar-refractivity contribution in [2.45, 2.75) is 13.8 Å². The predicted octanol–water partition coefficient (Wildman–Crippen LogP) is 2.67. The highest BCUT2D eigenvalue weighted by molar-refractivity contribution is 6.28. The molecule has 0 aliphatic rings. The molecule has 4 heteroatoms. The fourth-order valence-corrected chi connectivity index (χ4v) is 1.14. The number of halogens is 2. The molecule has 76 valence electrons. The molecule has 0 fully saturated rings. The van der Waals surface area contributed by atoms with Crippen LogP contribution in [0.5, 0.6) is 0 Å². The molecule has 0 atom stereocenters. The zero-order chi connectivity index (χ0) is 10.7. The van der Waals surface area contributed by atoms with Gasteiger partial charge in [0, 0.05) is 0 Å². The highest BCUT2D eigenvalue weighted by atomic mass is 35.5. The molecule has 0 saturated heterocycles. The second-order valence-electron chi connectivity index (χ2n) is 3.05. The van der Waals surface area contributed by atoms with Crippen LogP contribution in [-0.4, -0.2) is 11.7 Å². The van der Waals surface area contributed by atoms with E-state index in [1.54, 1.807) is 19.9 Å². The lowest BCUT2D eigenvalue weighted by molar-refractivity contribution is 0.617. The highest BCUT2D eigenvalue weighted by Crippen LogP contribution is 2.23. The third-order valence-corrected chi connectivity index (χ3v) is 2.37. The summed E-state index contributed by atoms with van der Waals surface area (Å²) in [6, 6.07) is 2.97. The van der Waals surface area contributed by atoms with E-state index >= 15 is 0 Å². The molecular formula is C10H12ClFN2. The lowest BCUT2D eigenvalue weighted by Gasteiger charge is -2.05. The van der Waals surface area contributed by atoms with Crippen LogP contribution in [0.3, 0.4) is 0 Å². The van der Waals surface area contributed by atoms with Gasteiger partial charge in [-0.3, -0.25) is 0 Å². The first-order valence-corrected chi connectivity index (χ1v) is 4.74. The van der Waals surface area contributed by atoms with E-state index in [0.717, 1.165) is 5.56 Å². The molecule has 0 spiro atoms. The zero-order valence-corrected chi connectivity index (χ0v) is 8.90. The molecule has 0 radical (unpaired) electrons. The fraction of sp³-hybridized carbons (Fsp3) is 0.300. The summed E-state index contributed by atoms with van der Waals surface area (Å²) in [5.74, 6) is 0.280. The van der Waals surface area contributed by atoms with Gasteiger partial charge < -0.3 is 5.73 Å². The average Bonchev–Trinajstić information content (AvgIpc) is 2.19. The first-order chi connectivity index (χ1) is 6.56. The first-order valence-electron chi connectivity index (χ1n) is 4.21. The Hall–Kier alpha value is -1.09. The van der Waals surface area contributed by atoms with Gasteiger partial charge in [0.25, 0.3) is 0 Å². The van der Waals surface area contributed by atoms with Crippen LogP contribution in [-0.2, 0) is 0 Å². The van der Waals surface area contributed by atoms with Gasteiger partial charge in [-0.2, -0.15) is 0 Å². The van der Waals surface area contributed by atoms with Gasteiger partial charge in [-0.05, 0) is 37.1 Å². The molecule has 1 rings (SSSR count). The molecule has 0 heterocycles. The Balaban J connectivity index is 3.18. The number of hydrogen-bond acceptors (Lipinski definition) is 1. The van der Waals surface area contributed by atoms with Crippen LogP contribution in [0.15, 0.2) is 17.1 Å². The number of rotatable bonds is 2. The Morgan fingerprint density at radius 2 is 2.07 bits per heavy atom. The van der Waals surface area contributed by atoms with E-state index in [1.165, 1.54) is 6.07 Å². The maximum Gasteiger partial charge on any atom is 0.126 e. The van der Waals surface area contributed by atoms with Crippen molar-refractivity contribution in [3.63, 3.8) is 0 Å². The van der Waals surface area contributed by atoms with Gasteiger partial charge in [-0.25, -0.2) is 9.38 Å². The van der Waals surface area contributed by atoms with E-state index in [2.05, 4.69) is 4.99 Å². The molecule has 1 aromatic rings. The van der Waals surface area contributed by atoms with Crippen molar-refractivity contribution < 1.29 is 4.39 Å². The number of amidine groups is 1. The number of hydrogen-bond donors (Lipinski definition) is 1. The minimum Gasteiger partial charge on any atom is -0.386 e. The zero-order valence-electron chi connectivity index (χ0n) is 8.14. The first kappa shape index (κ1) is 11.0. The van der Waals surface area contributed by atoms with E-state index in [0.29, 0.717) is 17.1 Å². The summed E-state index contributed by atoms with van der Waals surface area (Å²) in [4.78, 5) is 4.07. The SMILES string of the molecule is Cc1c(F)ccc(N=C(N)CCl)c1C. The number of nitrogens with zero attached hydrogens (tertiary/aromatic N) is 1. The minimum atomic E-state index is -0.231. The van der Waals surface area contributed by atoms with Crippen LogP contribution in [0.25, 0.3) is 0 Å². The van der Waals surface area contributed by atoms with Gasteiger partial charge in [0.15, 0.2) is 0 Å². The molecule has 14 heavy (non-hydrogen) atoms. The monoisotopic (exact) mass is 214 g/mol.